The monoisotopic (exact) mass is 384 g/mol. The number of carbonyl (C=O) groups is 3. The number of unbranched alkanes of at least 4 members (excludes halogenated alkanes) is 1. The minimum absolute atomic E-state index is 0.121. The molecule has 1 aliphatic heterocycles. The van der Waals surface area contributed by atoms with Crippen molar-refractivity contribution in [1.82, 2.24) is 5.32 Å². The fourth-order valence-corrected chi connectivity index (χ4v) is 2.70. The van der Waals surface area contributed by atoms with Crippen molar-refractivity contribution in [2.45, 2.75) is 32.2 Å². The summed E-state index contributed by atoms with van der Waals surface area (Å²) >= 11 is 3.26. The summed E-state index contributed by atoms with van der Waals surface area (Å²) in [7, 11) is 0. The van der Waals surface area contributed by atoms with Crippen LogP contribution in [0.15, 0.2) is 16.6 Å². The van der Waals surface area contributed by atoms with Gasteiger partial charge in [-0.05, 0) is 34.5 Å². The van der Waals surface area contributed by atoms with Gasteiger partial charge in [0.1, 0.15) is 11.8 Å². The number of fused-ring (bicyclic) bond motifs is 1. The lowest BCUT2D eigenvalue weighted by Gasteiger charge is -2.20. The quantitative estimate of drug-likeness (QED) is 0.696. The molecule has 0 radical (unpaired) electrons. The Morgan fingerprint density at radius 1 is 1.48 bits per heavy atom. The molecular formula is C15H17BrN2O5. The molecule has 1 aromatic carbocycles. The number of carboxylic acid groups (broad SMARTS) is 1. The smallest absolute Gasteiger partial charge is 0.326 e. The van der Waals surface area contributed by atoms with Gasteiger partial charge in [-0.1, -0.05) is 19.8 Å². The summed E-state index contributed by atoms with van der Waals surface area (Å²) in [5.74, 6) is -1.47. The molecule has 3 N–H and O–H groups in total. The van der Waals surface area contributed by atoms with E-state index in [0.29, 0.717) is 28.8 Å². The van der Waals surface area contributed by atoms with Crippen LogP contribution in [0.1, 0.15) is 36.5 Å². The van der Waals surface area contributed by atoms with Gasteiger partial charge in [0.25, 0.3) is 11.8 Å². The standard InChI is InChI=1S/C15H17BrN2O5/c1-2-3-4-10(15(21)22)18-14(20)8-5-12-11(6-9(8)16)17-13(19)7-23-12/h5-6,10H,2-4,7H2,1H3,(H,17,19)(H,18,20)(H,21,22). The lowest BCUT2D eigenvalue weighted by molar-refractivity contribution is -0.139. The van der Waals surface area contributed by atoms with Gasteiger partial charge < -0.3 is 20.5 Å². The highest BCUT2D eigenvalue weighted by Gasteiger charge is 2.24. The van der Waals surface area contributed by atoms with Crippen LogP contribution < -0.4 is 15.4 Å². The highest BCUT2D eigenvalue weighted by Crippen LogP contribution is 2.33. The number of anilines is 1. The van der Waals surface area contributed by atoms with E-state index in [1.165, 1.54) is 6.07 Å². The van der Waals surface area contributed by atoms with Crippen LogP contribution in [0.3, 0.4) is 0 Å². The van der Waals surface area contributed by atoms with Crippen LogP contribution in [0.5, 0.6) is 5.75 Å². The summed E-state index contributed by atoms with van der Waals surface area (Å²) in [5, 5.41) is 14.3. The minimum atomic E-state index is -1.07. The summed E-state index contributed by atoms with van der Waals surface area (Å²) in [5.41, 5.74) is 0.716. The molecule has 0 fully saturated rings. The molecule has 0 aromatic heterocycles. The van der Waals surface area contributed by atoms with Crippen molar-refractivity contribution in [1.29, 1.82) is 0 Å². The van der Waals surface area contributed by atoms with Gasteiger partial charge in [-0.25, -0.2) is 4.79 Å². The molecule has 1 aromatic rings. The van der Waals surface area contributed by atoms with E-state index < -0.39 is 17.9 Å². The SMILES string of the molecule is CCCCC(NC(=O)c1cc2c(cc1Br)NC(=O)CO2)C(=O)O. The zero-order chi connectivity index (χ0) is 17.0. The van der Waals surface area contributed by atoms with Gasteiger partial charge in [-0.2, -0.15) is 0 Å². The Hall–Kier alpha value is -2.09. The maximum Gasteiger partial charge on any atom is 0.326 e. The zero-order valence-corrected chi connectivity index (χ0v) is 14.1. The van der Waals surface area contributed by atoms with Gasteiger partial charge in [-0.15, -0.1) is 0 Å². The van der Waals surface area contributed by atoms with Crippen LogP contribution in [0, 0.1) is 0 Å². The first-order valence-electron chi connectivity index (χ1n) is 7.22. The Bertz CT molecular complexity index is 647. The molecule has 2 amide bonds. The number of halogens is 1. The fraction of sp³-hybridized carbons (Fsp3) is 0.400. The second-order valence-corrected chi connectivity index (χ2v) is 6.03. The molecule has 0 bridgehead atoms. The van der Waals surface area contributed by atoms with Crippen molar-refractivity contribution >= 4 is 39.4 Å². The van der Waals surface area contributed by atoms with Crippen molar-refractivity contribution in [3.63, 3.8) is 0 Å². The molecule has 1 aliphatic rings. The first-order valence-corrected chi connectivity index (χ1v) is 8.01. The predicted octanol–water partition coefficient (Wildman–Crippen LogP) is 2.15. The Labute approximate surface area is 141 Å². The number of carbonyl (C=O) groups excluding carboxylic acids is 2. The molecule has 0 aliphatic carbocycles. The number of ether oxygens (including phenoxy) is 1. The number of aliphatic carboxylic acids is 1. The molecular weight excluding hydrogens is 368 g/mol. The third-order valence-electron chi connectivity index (χ3n) is 3.40. The normalized spacial score (nSPS) is 14.3. The van der Waals surface area contributed by atoms with Crippen LogP contribution in [0.25, 0.3) is 0 Å². The molecule has 7 nitrogen and oxygen atoms in total. The van der Waals surface area contributed by atoms with Crippen LogP contribution in [-0.4, -0.2) is 35.5 Å². The van der Waals surface area contributed by atoms with E-state index in [1.54, 1.807) is 6.07 Å². The van der Waals surface area contributed by atoms with Gasteiger partial charge in [0.05, 0.1) is 11.3 Å². The van der Waals surface area contributed by atoms with Gasteiger partial charge in [0.2, 0.25) is 0 Å². The largest absolute Gasteiger partial charge is 0.482 e. The van der Waals surface area contributed by atoms with E-state index in [9.17, 15) is 19.5 Å². The summed E-state index contributed by atoms with van der Waals surface area (Å²) in [6.45, 7) is 1.83. The van der Waals surface area contributed by atoms with Gasteiger partial charge in [0.15, 0.2) is 6.61 Å². The fourth-order valence-electron chi connectivity index (χ4n) is 2.18. The zero-order valence-electron chi connectivity index (χ0n) is 12.5. The molecule has 2 rings (SSSR count). The molecule has 1 unspecified atom stereocenters. The minimum Gasteiger partial charge on any atom is -0.482 e. The first-order chi connectivity index (χ1) is 10.9. The summed E-state index contributed by atoms with van der Waals surface area (Å²) in [6.07, 6.45) is 1.92. The van der Waals surface area contributed by atoms with Crippen molar-refractivity contribution in [3.8, 4) is 5.75 Å². The van der Waals surface area contributed by atoms with E-state index in [4.69, 9.17) is 4.74 Å². The predicted molar refractivity (Wildman–Crippen MR) is 86.7 cm³/mol. The average Bonchev–Trinajstić information content (AvgIpc) is 2.50. The van der Waals surface area contributed by atoms with Crippen molar-refractivity contribution < 1.29 is 24.2 Å². The lowest BCUT2D eigenvalue weighted by atomic mass is 10.1. The maximum absolute atomic E-state index is 12.3. The highest BCUT2D eigenvalue weighted by molar-refractivity contribution is 9.10. The van der Waals surface area contributed by atoms with Crippen LogP contribution >= 0.6 is 15.9 Å². The summed E-state index contributed by atoms with van der Waals surface area (Å²) in [4.78, 5) is 34.9. The summed E-state index contributed by atoms with van der Waals surface area (Å²) < 4.78 is 5.71. The second-order valence-electron chi connectivity index (χ2n) is 5.17. The Morgan fingerprint density at radius 2 is 2.22 bits per heavy atom. The number of carboxylic acids is 1. The van der Waals surface area contributed by atoms with Gasteiger partial charge in [-0.3, -0.25) is 9.59 Å². The van der Waals surface area contributed by atoms with Crippen LogP contribution in [0.2, 0.25) is 0 Å². The topological polar surface area (TPSA) is 105 Å². The molecule has 124 valence electrons. The molecule has 0 saturated carbocycles. The number of amides is 2. The van der Waals surface area contributed by atoms with E-state index in [-0.39, 0.29) is 18.1 Å². The van der Waals surface area contributed by atoms with Crippen molar-refractivity contribution in [2.75, 3.05) is 11.9 Å². The molecule has 23 heavy (non-hydrogen) atoms. The van der Waals surface area contributed by atoms with Crippen LogP contribution in [-0.2, 0) is 9.59 Å². The molecule has 1 heterocycles. The average molecular weight is 385 g/mol. The Balaban J connectivity index is 2.18. The van der Waals surface area contributed by atoms with E-state index in [0.717, 1.165) is 6.42 Å². The number of hydrogen-bond donors (Lipinski definition) is 3. The van der Waals surface area contributed by atoms with Crippen LogP contribution in [0.4, 0.5) is 5.69 Å². The van der Waals surface area contributed by atoms with Crippen molar-refractivity contribution in [2.24, 2.45) is 0 Å². The molecule has 0 saturated heterocycles. The summed E-state index contributed by atoms with van der Waals surface area (Å²) in [6, 6.07) is 2.10. The Kier molecular flexibility index (Phi) is 5.59. The number of hydrogen-bond acceptors (Lipinski definition) is 4. The van der Waals surface area contributed by atoms with E-state index in [1.807, 2.05) is 6.92 Å². The second kappa shape index (κ2) is 7.45. The van der Waals surface area contributed by atoms with Crippen molar-refractivity contribution in [3.05, 3.63) is 22.2 Å². The first kappa shape index (κ1) is 17.3. The third-order valence-corrected chi connectivity index (χ3v) is 4.05. The number of nitrogens with one attached hydrogen (secondary N) is 2. The van der Waals surface area contributed by atoms with E-state index >= 15 is 0 Å². The van der Waals surface area contributed by atoms with E-state index in [2.05, 4.69) is 26.6 Å². The molecule has 1 atom stereocenters. The highest BCUT2D eigenvalue weighted by atomic mass is 79.9. The Morgan fingerprint density at radius 3 is 2.87 bits per heavy atom. The maximum atomic E-state index is 12.3. The van der Waals surface area contributed by atoms with Gasteiger partial charge in [0, 0.05) is 4.47 Å². The third kappa shape index (κ3) is 4.22. The molecule has 8 heteroatoms. The number of benzene rings is 1. The number of rotatable bonds is 6. The lowest BCUT2D eigenvalue weighted by Crippen LogP contribution is -2.41. The van der Waals surface area contributed by atoms with Gasteiger partial charge >= 0.3 is 5.97 Å². The molecule has 0 spiro atoms.